The van der Waals surface area contributed by atoms with E-state index in [2.05, 4.69) is 27.3 Å². The maximum Gasteiger partial charge on any atom is 0.252 e. The van der Waals surface area contributed by atoms with Crippen molar-refractivity contribution in [2.75, 3.05) is 6.61 Å². The van der Waals surface area contributed by atoms with Crippen LogP contribution in [0.15, 0.2) is 54.7 Å². The summed E-state index contributed by atoms with van der Waals surface area (Å²) in [5.74, 6) is 1.15. The summed E-state index contributed by atoms with van der Waals surface area (Å²) < 4.78 is 7.52. The number of ether oxygens (including phenoxy) is 1. The number of benzene rings is 2. The SMILES string of the molecule is CCOc1ccc(C(=O)NC2(C(=O)N[C@@H]3CCc4ccccc4-n4cc(C)nc43)CC2)cc1. The third-order valence-electron chi connectivity index (χ3n) is 6.39. The highest BCUT2D eigenvalue weighted by Crippen LogP contribution is 2.38. The summed E-state index contributed by atoms with van der Waals surface area (Å²) in [5.41, 5.74) is 2.90. The molecule has 1 aliphatic heterocycles. The number of carbonyl (C=O) groups excluding carboxylic acids is 2. The average molecular weight is 445 g/mol. The molecule has 0 bridgehead atoms. The number of nitrogens with zero attached hydrogens (tertiary/aromatic N) is 2. The van der Waals surface area contributed by atoms with E-state index in [4.69, 9.17) is 9.72 Å². The molecule has 1 atom stereocenters. The van der Waals surface area contributed by atoms with E-state index in [9.17, 15) is 9.59 Å². The van der Waals surface area contributed by atoms with Crippen molar-refractivity contribution < 1.29 is 14.3 Å². The van der Waals surface area contributed by atoms with Crippen molar-refractivity contribution in [3.8, 4) is 11.4 Å². The van der Waals surface area contributed by atoms with Crippen LogP contribution in [-0.4, -0.2) is 33.5 Å². The lowest BCUT2D eigenvalue weighted by molar-refractivity contribution is -0.124. The standard InChI is InChI=1S/C26H28N4O3/c1-3-33-20-11-8-19(9-12-20)24(31)29-26(14-15-26)25(32)28-21-13-10-18-6-4-5-7-22(18)30-16-17(2)27-23(21)30/h4-9,11-12,16,21H,3,10,13-15H2,1-2H3,(H,28,32)(H,29,31)/t21-/m1/s1. The summed E-state index contributed by atoms with van der Waals surface area (Å²) in [6, 6.07) is 15.0. The van der Waals surface area contributed by atoms with Crippen LogP contribution in [0.1, 0.15) is 59.7 Å². The summed E-state index contributed by atoms with van der Waals surface area (Å²) in [4.78, 5) is 30.9. The fourth-order valence-corrected chi connectivity index (χ4v) is 4.47. The topological polar surface area (TPSA) is 85.2 Å². The van der Waals surface area contributed by atoms with Crippen LogP contribution in [0, 0.1) is 6.92 Å². The Hall–Kier alpha value is -3.61. The molecule has 7 heteroatoms. The highest BCUT2D eigenvalue weighted by atomic mass is 16.5. The zero-order chi connectivity index (χ0) is 23.0. The Morgan fingerprint density at radius 2 is 1.91 bits per heavy atom. The number of fused-ring (bicyclic) bond motifs is 3. The molecule has 0 unspecified atom stereocenters. The molecule has 2 heterocycles. The molecule has 1 aromatic heterocycles. The van der Waals surface area contributed by atoms with E-state index in [1.807, 2.05) is 32.2 Å². The quantitative estimate of drug-likeness (QED) is 0.608. The van der Waals surface area contributed by atoms with Crippen molar-refractivity contribution in [1.29, 1.82) is 0 Å². The molecular formula is C26H28N4O3. The first-order valence-corrected chi connectivity index (χ1v) is 11.5. The third-order valence-corrected chi connectivity index (χ3v) is 6.39. The van der Waals surface area contributed by atoms with Gasteiger partial charge in [0.15, 0.2) is 0 Å². The van der Waals surface area contributed by atoms with Crippen molar-refractivity contribution in [2.45, 2.75) is 51.1 Å². The van der Waals surface area contributed by atoms with Crippen molar-refractivity contribution >= 4 is 11.8 Å². The lowest BCUT2D eigenvalue weighted by Crippen LogP contribution is -2.50. The smallest absolute Gasteiger partial charge is 0.252 e. The van der Waals surface area contributed by atoms with E-state index in [0.29, 0.717) is 30.8 Å². The van der Waals surface area contributed by atoms with Crippen LogP contribution in [0.3, 0.4) is 0 Å². The van der Waals surface area contributed by atoms with E-state index >= 15 is 0 Å². The normalized spacial score (nSPS) is 17.8. The molecule has 1 saturated carbocycles. The molecule has 170 valence electrons. The number of hydrogen-bond acceptors (Lipinski definition) is 4. The number of rotatable bonds is 6. The first kappa shape index (κ1) is 21.2. The molecule has 2 N–H and O–H groups in total. The van der Waals surface area contributed by atoms with E-state index in [-0.39, 0.29) is 17.9 Å². The molecule has 5 rings (SSSR count). The molecule has 1 aliphatic carbocycles. The van der Waals surface area contributed by atoms with Crippen molar-refractivity contribution in [3.63, 3.8) is 0 Å². The first-order chi connectivity index (χ1) is 16.0. The first-order valence-electron chi connectivity index (χ1n) is 11.5. The molecule has 0 saturated heterocycles. The average Bonchev–Trinajstić information content (AvgIpc) is 3.52. The van der Waals surface area contributed by atoms with Gasteiger partial charge in [-0.3, -0.25) is 9.59 Å². The molecule has 2 amide bonds. The summed E-state index contributed by atoms with van der Waals surface area (Å²) in [6.45, 7) is 4.44. The maximum atomic E-state index is 13.3. The highest BCUT2D eigenvalue weighted by Gasteiger charge is 2.52. The predicted molar refractivity (Wildman–Crippen MR) is 125 cm³/mol. The van der Waals surface area contributed by atoms with Gasteiger partial charge in [0, 0.05) is 17.4 Å². The summed E-state index contributed by atoms with van der Waals surface area (Å²) in [5, 5.41) is 6.16. The van der Waals surface area contributed by atoms with Crippen LogP contribution in [0.4, 0.5) is 0 Å². The molecular weight excluding hydrogens is 416 g/mol. The number of aromatic nitrogens is 2. The van der Waals surface area contributed by atoms with Crippen LogP contribution >= 0.6 is 0 Å². The minimum absolute atomic E-state index is 0.148. The van der Waals surface area contributed by atoms with Crippen molar-refractivity contribution in [2.24, 2.45) is 0 Å². The van der Waals surface area contributed by atoms with Gasteiger partial charge in [-0.1, -0.05) is 18.2 Å². The van der Waals surface area contributed by atoms with Gasteiger partial charge in [-0.25, -0.2) is 4.98 Å². The van der Waals surface area contributed by atoms with Gasteiger partial charge in [0.2, 0.25) is 5.91 Å². The largest absolute Gasteiger partial charge is 0.494 e. The van der Waals surface area contributed by atoms with Crippen LogP contribution < -0.4 is 15.4 Å². The van der Waals surface area contributed by atoms with E-state index in [0.717, 1.165) is 30.0 Å². The van der Waals surface area contributed by atoms with Gasteiger partial charge in [0.1, 0.15) is 17.1 Å². The Kier molecular flexibility index (Phi) is 5.40. The minimum atomic E-state index is -0.860. The Labute approximate surface area is 193 Å². The maximum absolute atomic E-state index is 13.3. The minimum Gasteiger partial charge on any atom is -0.494 e. The predicted octanol–water partition coefficient (Wildman–Crippen LogP) is 3.65. The number of imidazole rings is 1. The fraction of sp³-hybridized carbons (Fsp3) is 0.346. The second kappa shape index (κ2) is 8.39. The summed E-state index contributed by atoms with van der Waals surface area (Å²) in [7, 11) is 0. The summed E-state index contributed by atoms with van der Waals surface area (Å²) in [6.07, 6.45) is 4.86. The fourth-order valence-electron chi connectivity index (χ4n) is 4.47. The van der Waals surface area contributed by atoms with Gasteiger partial charge in [0.05, 0.1) is 18.3 Å². The van der Waals surface area contributed by atoms with E-state index < -0.39 is 5.54 Å². The van der Waals surface area contributed by atoms with Gasteiger partial charge in [-0.05, 0) is 75.4 Å². The van der Waals surface area contributed by atoms with Crippen LogP contribution in [-0.2, 0) is 11.2 Å². The number of hydrogen-bond donors (Lipinski definition) is 2. The lowest BCUT2D eigenvalue weighted by Gasteiger charge is -2.22. The second-order valence-corrected chi connectivity index (χ2v) is 8.80. The number of amides is 2. The molecule has 1 fully saturated rings. The van der Waals surface area contributed by atoms with Crippen LogP contribution in [0.25, 0.3) is 5.69 Å². The molecule has 2 aromatic carbocycles. The lowest BCUT2D eigenvalue weighted by atomic mass is 10.0. The van der Waals surface area contributed by atoms with Gasteiger partial charge in [-0.15, -0.1) is 0 Å². The summed E-state index contributed by atoms with van der Waals surface area (Å²) >= 11 is 0. The number of para-hydroxylation sites is 1. The van der Waals surface area contributed by atoms with Crippen molar-refractivity contribution in [1.82, 2.24) is 20.2 Å². The van der Waals surface area contributed by atoms with E-state index in [1.54, 1.807) is 24.3 Å². The monoisotopic (exact) mass is 444 g/mol. The Balaban J connectivity index is 1.31. The van der Waals surface area contributed by atoms with Gasteiger partial charge < -0.3 is 19.9 Å². The molecule has 7 nitrogen and oxygen atoms in total. The number of carbonyl (C=O) groups is 2. The zero-order valence-corrected chi connectivity index (χ0v) is 18.9. The zero-order valence-electron chi connectivity index (χ0n) is 18.9. The molecule has 0 spiro atoms. The number of aryl methyl sites for hydroxylation is 2. The van der Waals surface area contributed by atoms with Gasteiger partial charge >= 0.3 is 0 Å². The van der Waals surface area contributed by atoms with Crippen molar-refractivity contribution in [3.05, 3.63) is 77.4 Å². The van der Waals surface area contributed by atoms with E-state index in [1.165, 1.54) is 5.56 Å². The van der Waals surface area contributed by atoms with Gasteiger partial charge in [0.25, 0.3) is 5.91 Å². The molecule has 2 aliphatic rings. The Bertz CT molecular complexity index is 1190. The molecule has 33 heavy (non-hydrogen) atoms. The van der Waals surface area contributed by atoms with Gasteiger partial charge in [-0.2, -0.15) is 0 Å². The third kappa shape index (κ3) is 4.11. The van der Waals surface area contributed by atoms with Crippen LogP contribution in [0.5, 0.6) is 5.75 Å². The Morgan fingerprint density at radius 1 is 1.15 bits per heavy atom. The second-order valence-electron chi connectivity index (χ2n) is 8.80. The highest BCUT2D eigenvalue weighted by molar-refractivity contribution is 6.00. The molecule has 3 aromatic rings. The van der Waals surface area contributed by atoms with Crippen LogP contribution in [0.2, 0.25) is 0 Å². The molecule has 0 radical (unpaired) electrons. The number of nitrogens with one attached hydrogen (secondary N) is 2. The Morgan fingerprint density at radius 3 is 2.64 bits per heavy atom.